The molecule has 65 heteroatoms. The van der Waals surface area contributed by atoms with E-state index >= 15 is 0 Å². The predicted octanol–water partition coefficient (Wildman–Crippen LogP) is -7.68. The number of nitrogens with two attached hydrogens (primary N) is 3. The molecule has 4 amide bonds. The molecule has 5 rings (SSSR count). The number of aliphatic hydroxyl groups excluding tert-OH is 3. The van der Waals surface area contributed by atoms with Crippen LogP contribution in [0.5, 0.6) is 0 Å². The van der Waals surface area contributed by atoms with E-state index in [4.69, 9.17) is 66.1 Å². The number of hydrogen-bond donors (Lipinski definition) is 19. The molecule has 4 aromatic rings. The quantitative estimate of drug-likeness (QED) is 0.00159. The van der Waals surface area contributed by atoms with Crippen LogP contribution < -0.4 is 84.0 Å². The zero-order chi connectivity index (χ0) is 88.7. The number of nitrogens with zero attached hydrogens (tertiary/aromatic N) is 9. The number of terminal acetylenes is 1. The molecule has 0 saturated carbocycles. The molecule has 32 N–H and O–H groups in total. The van der Waals surface area contributed by atoms with Gasteiger partial charge in [-0.05, 0) is 99.0 Å². The van der Waals surface area contributed by atoms with Crippen molar-refractivity contribution in [3.63, 3.8) is 0 Å². The fraction of sp³-hybridized carbons (Fsp3) is 0.485. The number of nitrogen functional groups attached to an aromatic ring is 1. The summed E-state index contributed by atoms with van der Waals surface area (Å²) in [7, 11) is -8.28. The number of esters is 1. The van der Waals surface area contributed by atoms with Crippen molar-refractivity contribution in [2.24, 2.45) is 39.3 Å². The van der Waals surface area contributed by atoms with E-state index in [-0.39, 0.29) is 239 Å². The van der Waals surface area contributed by atoms with Crippen LogP contribution >= 0.6 is 92.7 Å². The zero-order valence-corrected chi connectivity index (χ0v) is 84.1. The van der Waals surface area contributed by atoms with E-state index in [9.17, 15) is 97.8 Å². The number of carbonyl (C=O) groups excluding carboxylic acids is 8. The van der Waals surface area contributed by atoms with Gasteiger partial charge in [0.2, 0.25) is 23.7 Å². The van der Waals surface area contributed by atoms with Crippen molar-refractivity contribution in [3.05, 3.63) is 92.0 Å². The van der Waals surface area contributed by atoms with Crippen molar-refractivity contribution >= 4 is 225 Å². The molecule has 0 spiro atoms. The van der Waals surface area contributed by atoms with Gasteiger partial charge in [0.05, 0.1) is 80.7 Å². The number of carboxylic acid groups (broad SMARTS) is 5. The SMILES string of the molecule is C#CC[C@H](CC(=O)[C@H](CC(=O)O)NC(=O)[C@H](CC(=O)O)CC(=O)[C@H](CCCN=C(N)N)NC(=O)[C@H](CC(=O)O)CC(=O)CC[C@H](NC(=O)c1ccc(NCc2cnc3nc(N)[nH]c(=O)c3n2)cc1)C(=O)O)C(=O)O.CC(=O)NCCC[Si](C)(C)O[Si](C)(C)CSc1ncc(CN=[N+]=[N-])cn1.O.O.O.O.O.O=C1O[C@H]([C@@H](O)CO)C([O-])=C1O.O=S(=O)(O)O.S.S.S.S.S.S.[Cu].[Cu].[Na+]. The minimum Gasteiger partial charge on any atom is -0.870 e. The van der Waals surface area contributed by atoms with Gasteiger partial charge in [0.15, 0.2) is 56.2 Å². The number of Topliss-reactive ketones (excluding diaryl/α,β-unsaturated/α-hetero) is 3. The molecule has 3 aromatic heterocycles. The van der Waals surface area contributed by atoms with Crippen molar-refractivity contribution in [1.82, 2.24) is 51.2 Å². The van der Waals surface area contributed by atoms with Crippen molar-refractivity contribution < 1.29 is 226 Å². The van der Waals surface area contributed by atoms with E-state index < -0.39 is 227 Å². The van der Waals surface area contributed by atoms with E-state index in [0.717, 1.165) is 23.4 Å². The Morgan fingerprint density at radius 1 is 0.733 bits per heavy atom. The Labute approximate surface area is 839 Å². The van der Waals surface area contributed by atoms with Crippen LogP contribution in [0.2, 0.25) is 32.2 Å². The monoisotopic (exact) mass is 2160 g/mol. The summed E-state index contributed by atoms with van der Waals surface area (Å²) in [6.07, 6.45) is 0.343. The Morgan fingerprint density at radius 2 is 1.24 bits per heavy atom. The number of amides is 4. The number of carboxylic acids is 5. The van der Waals surface area contributed by atoms with E-state index in [0.29, 0.717) is 23.1 Å². The number of cyclic esters (lactones) is 1. The van der Waals surface area contributed by atoms with Crippen LogP contribution in [-0.2, 0) is 124 Å². The summed E-state index contributed by atoms with van der Waals surface area (Å²) in [5.41, 5.74) is 25.7. The molecular weight excluding hydrogens is 2050 g/mol. The molecule has 8 atom stereocenters. The molecule has 1 aliphatic heterocycles. The molecule has 0 fully saturated rings. The van der Waals surface area contributed by atoms with Crippen LogP contribution in [0, 0.1) is 30.1 Å². The first-order valence-electron chi connectivity index (χ1n) is 34.7. The smallest absolute Gasteiger partial charge is 0.870 e. The number of aliphatic imine (C=N–C) groups is 1. The van der Waals surface area contributed by atoms with Gasteiger partial charge in [-0.2, -0.15) is 94.4 Å². The maximum atomic E-state index is 13.8. The van der Waals surface area contributed by atoms with E-state index in [1.807, 2.05) is 0 Å². The number of H-pyrrole nitrogens is 1. The van der Waals surface area contributed by atoms with Gasteiger partial charge < -0.3 is 126 Å². The third-order valence-corrected chi connectivity index (χ3v) is 25.5. The molecule has 1 aromatic carbocycles. The molecule has 131 heavy (non-hydrogen) atoms. The Bertz CT molecular complexity index is 4580. The number of fused-ring (bicyclic) bond motifs is 1. The largest absolute Gasteiger partial charge is 1.00 e. The number of aromatic amines is 1. The molecule has 0 aliphatic carbocycles. The standard InChI is InChI=1S/C45H54N12O17.C15H28N6O2SSi2.C6H8O6.2Cu.Na.H2O4S.5H2O.6H2S/c1-2-4-22(42(71)72)14-32(60)30(18-35(65)66)55-40(69)24(17-34(63)64)15-31(59)28(5-3-12-49-44(46)47)53-39(68)23(16-33(61)62)13-27(58)10-11-29(43(73)74)54-38(67)21-6-8-25(9-7-21)50-19-26-20-51-37-36(52-26)41(70)57-45(48)56-37;1-13(22)17-7-6-8-25(2,3)23-26(4,5)12-24-15-18-9-14(10-19-15)11-20-21-16;7-1-2(8)5-3(9)4(10)6(11)12-5;;;;1-5(2,3)4;;;;;;;;;;;/h1,6-9,20,22-24,28-30,50H,3-5,10-19H2,(H,53,68)(H,54,67)(H,55,69)(H,61,62)(H,63,64)(H,65,66)(H,71,72)(H,73,74)(H4,46,47,49)(H3,48,51,56,57,70);9-10H,6-8,11-12H2,1-5H3,(H,17,22);2,5,7-10H,1H2;;;;(H2,1,2,3,4);11*1H2/q;;;;;+1;;;;;;;;;;;;/p-1/t22-,23+,24+,28+,29+,30+;;2-,5+;;;;;;;;;;;;;;;/m1.0.............../s1. The van der Waals surface area contributed by atoms with Gasteiger partial charge in [0.1, 0.15) is 24.0 Å². The van der Waals surface area contributed by atoms with Crippen LogP contribution in [-0.4, -0.2) is 270 Å². The number of ketones is 3. The van der Waals surface area contributed by atoms with Crippen molar-refractivity contribution in [2.75, 3.05) is 36.1 Å². The number of hydrogen-bond acceptors (Lipinski definition) is 32. The number of ether oxygens (including phenoxy) is 1. The van der Waals surface area contributed by atoms with Gasteiger partial charge in [0, 0.05) is 120 Å². The fourth-order valence-electron chi connectivity index (χ4n) is 10.3. The number of benzene rings is 1. The molecule has 750 valence electrons. The van der Waals surface area contributed by atoms with Crippen LogP contribution in [0.1, 0.15) is 106 Å². The number of anilines is 2. The topological polar surface area (TPSA) is 954 Å². The third-order valence-electron chi connectivity index (χ3n) is 15.7. The number of aliphatic hydroxyl groups is 3. The number of nitrogens with one attached hydrogen (secondary N) is 6. The molecule has 2 radical (unpaired) electrons. The van der Waals surface area contributed by atoms with E-state index in [1.54, 1.807) is 24.2 Å². The van der Waals surface area contributed by atoms with Gasteiger partial charge >= 0.3 is 75.8 Å². The molecule has 0 unspecified atom stereocenters. The summed E-state index contributed by atoms with van der Waals surface area (Å²) < 4.78 is 42.4. The average molecular weight is 2170 g/mol. The third kappa shape index (κ3) is 62.8. The van der Waals surface area contributed by atoms with Crippen LogP contribution in [0.3, 0.4) is 0 Å². The first-order chi connectivity index (χ1) is 54.6. The number of aliphatic carboxylic acids is 5. The summed E-state index contributed by atoms with van der Waals surface area (Å²) in [5.74, 6) is -20.6. The Hall–Kier alpha value is -8.22. The molecular formula is C66H113Cu2N18NaO34S8Si2. The Balaban J connectivity index is -0.000000184. The van der Waals surface area contributed by atoms with Gasteiger partial charge in [-0.3, -0.25) is 76.6 Å². The minimum absolute atomic E-state index is 0. The van der Waals surface area contributed by atoms with Crippen LogP contribution in [0.15, 0.2) is 74.4 Å². The summed E-state index contributed by atoms with van der Waals surface area (Å²) in [4.78, 5) is 203. The number of guanidine groups is 1. The fourth-order valence-corrected chi connectivity index (χ4v) is 20.7. The molecule has 0 bridgehead atoms. The Kier molecular flexibility index (Phi) is 87.8. The number of carbonyl (C=O) groups is 13. The summed E-state index contributed by atoms with van der Waals surface area (Å²) in [5, 5.41) is 102. The van der Waals surface area contributed by atoms with Crippen LogP contribution in [0.4, 0.5) is 11.6 Å². The average Bonchev–Trinajstić information content (AvgIpc) is 1.62. The number of aromatic nitrogens is 6. The number of rotatable bonds is 46. The predicted molar refractivity (Wildman–Crippen MR) is 492 cm³/mol. The van der Waals surface area contributed by atoms with Gasteiger partial charge in [-0.1, -0.05) is 16.9 Å². The van der Waals surface area contributed by atoms with Crippen molar-refractivity contribution in [1.29, 1.82) is 0 Å². The number of thioether (sulfide) groups is 1. The maximum Gasteiger partial charge on any atom is 1.00 e. The van der Waals surface area contributed by atoms with E-state index in [1.165, 1.54) is 37.4 Å². The van der Waals surface area contributed by atoms with Gasteiger partial charge in [-0.25, -0.2) is 29.5 Å². The van der Waals surface area contributed by atoms with Gasteiger partial charge in [-0.15, -0.1) is 12.3 Å². The second kappa shape index (κ2) is 76.1. The van der Waals surface area contributed by atoms with Crippen molar-refractivity contribution in [3.8, 4) is 12.3 Å². The molecule has 4 heterocycles. The first-order valence-corrected chi connectivity index (χ1v) is 43.3. The summed E-state index contributed by atoms with van der Waals surface area (Å²) in [6.45, 7) is 10.7. The molecule has 0 saturated heterocycles. The second-order valence-electron chi connectivity index (χ2n) is 26.6. The molecule has 1 aliphatic rings. The maximum absolute atomic E-state index is 13.8. The zero-order valence-electron chi connectivity index (χ0n) is 70.6. The Morgan fingerprint density at radius 3 is 1.71 bits per heavy atom. The van der Waals surface area contributed by atoms with Gasteiger partial charge in [0.25, 0.3) is 11.5 Å². The molecule has 52 nitrogen and oxygen atoms in total. The van der Waals surface area contributed by atoms with Crippen LogP contribution in [0.25, 0.3) is 21.6 Å². The minimum atomic E-state index is -4.67. The first kappa shape index (κ1) is 151. The number of azide groups is 1. The summed E-state index contributed by atoms with van der Waals surface area (Å²) >= 11 is 1.61. The van der Waals surface area contributed by atoms with E-state index in [2.05, 4.69) is 108 Å². The second-order valence-corrected chi connectivity index (χ2v) is 37.7. The normalized spacial score (nSPS) is 12.6. The summed E-state index contributed by atoms with van der Waals surface area (Å²) in [6, 6.07) is 1.59. The van der Waals surface area contributed by atoms with Crippen molar-refractivity contribution in [2.45, 2.75) is 165 Å².